The van der Waals surface area contributed by atoms with Gasteiger partial charge in [0.05, 0.1) is 0 Å². The molecule has 0 saturated heterocycles. The Hall–Kier alpha value is -1.06. The van der Waals surface area contributed by atoms with Crippen molar-refractivity contribution in [3.63, 3.8) is 0 Å². The molecule has 2 nitrogen and oxygen atoms in total. The van der Waals surface area contributed by atoms with Crippen molar-refractivity contribution in [3.05, 3.63) is 0 Å². The molecule has 0 rings (SSSR count). The molecule has 0 bridgehead atoms. The van der Waals surface area contributed by atoms with Crippen molar-refractivity contribution in [2.24, 2.45) is 4.99 Å². The fourth-order valence-electron chi connectivity index (χ4n) is 0.248. The van der Waals surface area contributed by atoms with Gasteiger partial charge in [0.15, 0.2) is 0 Å². The van der Waals surface area contributed by atoms with Gasteiger partial charge in [0.25, 0.3) is 0 Å². The van der Waals surface area contributed by atoms with Crippen LogP contribution in [0.5, 0.6) is 0 Å². The zero-order chi connectivity index (χ0) is 6.24. The van der Waals surface area contributed by atoms with E-state index in [-0.39, 0.29) is 0 Å². The Balaban J connectivity index is 3.35. The van der Waals surface area contributed by atoms with Crippen LogP contribution >= 0.6 is 0 Å². The number of aliphatic imine (C=N–C) groups is 1. The van der Waals surface area contributed by atoms with Gasteiger partial charge in [-0.15, -0.1) is 4.99 Å². The van der Waals surface area contributed by atoms with Crippen LogP contribution < -0.4 is 0 Å². The average Bonchev–Trinajstić information content (AvgIpc) is 1.81. The van der Waals surface area contributed by atoms with Gasteiger partial charge in [0, 0.05) is 12.5 Å². The Morgan fingerprint density at radius 3 is 2.88 bits per heavy atom. The number of hydrogen-bond acceptors (Lipinski definition) is 2. The van der Waals surface area contributed by atoms with E-state index in [1.54, 1.807) is 0 Å². The smallest absolute Gasteiger partial charge is 0.101 e. The largest absolute Gasteiger partial charge is 0.241 e. The monoisotopic (exact) mass is 108 g/mol. The molecular formula is C6H8N2. The van der Waals surface area contributed by atoms with Crippen LogP contribution in [-0.4, -0.2) is 6.01 Å². The number of rotatable bonds is 1. The van der Waals surface area contributed by atoms with Gasteiger partial charge in [0.1, 0.15) is 6.01 Å². The summed E-state index contributed by atoms with van der Waals surface area (Å²) in [6, 6.07) is 4.24. The van der Waals surface area contributed by atoms with Crippen LogP contribution in [0.4, 0.5) is 0 Å². The normalized spacial score (nSPS) is 6.12. The van der Waals surface area contributed by atoms with Crippen LogP contribution in [0.1, 0.15) is 19.8 Å². The molecule has 0 heterocycles. The standard InChI is InChI=1S/C6H8N2/c1-2-3-4-5-8-6-7/h7H,2-3H2,1H3. The van der Waals surface area contributed by atoms with E-state index < -0.39 is 0 Å². The Morgan fingerprint density at radius 2 is 2.38 bits per heavy atom. The number of nitrogens with zero attached hydrogens (tertiary/aromatic N) is 1. The Kier molecular flexibility index (Phi) is 5.15. The molecule has 0 aromatic carbocycles. The minimum Gasteiger partial charge on any atom is -0.241 e. The average molecular weight is 108 g/mol. The first-order chi connectivity index (χ1) is 3.91. The van der Waals surface area contributed by atoms with Crippen molar-refractivity contribution in [3.8, 4) is 12.0 Å². The van der Waals surface area contributed by atoms with Gasteiger partial charge in [-0.3, -0.25) is 0 Å². The zero-order valence-electron chi connectivity index (χ0n) is 4.86. The van der Waals surface area contributed by atoms with Gasteiger partial charge in [-0.1, -0.05) is 12.8 Å². The van der Waals surface area contributed by atoms with Crippen LogP contribution in [0.25, 0.3) is 0 Å². The fourth-order valence-corrected chi connectivity index (χ4v) is 0.248. The first-order valence-electron chi connectivity index (χ1n) is 2.51. The van der Waals surface area contributed by atoms with Gasteiger partial charge in [-0.2, -0.15) is 0 Å². The fraction of sp³-hybridized carbons (Fsp3) is 0.500. The van der Waals surface area contributed by atoms with Gasteiger partial charge >= 0.3 is 0 Å². The van der Waals surface area contributed by atoms with E-state index in [1.165, 1.54) is 0 Å². The first-order valence-corrected chi connectivity index (χ1v) is 2.51. The van der Waals surface area contributed by atoms with E-state index in [0.717, 1.165) is 12.8 Å². The van der Waals surface area contributed by atoms with Gasteiger partial charge in [-0.05, 0) is 6.42 Å². The quantitative estimate of drug-likeness (QED) is 0.390. The van der Waals surface area contributed by atoms with Crippen molar-refractivity contribution in [2.75, 3.05) is 0 Å². The summed E-state index contributed by atoms with van der Waals surface area (Å²) in [4.78, 5) is 3.26. The zero-order valence-corrected chi connectivity index (χ0v) is 4.86. The van der Waals surface area contributed by atoms with E-state index >= 15 is 0 Å². The predicted octanol–water partition coefficient (Wildman–Crippen LogP) is 1.50. The van der Waals surface area contributed by atoms with Gasteiger partial charge < -0.3 is 0 Å². The maximum absolute atomic E-state index is 6.32. The summed E-state index contributed by atoms with van der Waals surface area (Å²) in [5, 5.41) is 6.32. The highest BCUT2D eigenvalue weighted by Crippen LogP contribution is 1.79. The third-order valence-corrected chi connectivity index (χ3v) is 0.566. The maximum Gasteiger partial charge on any atom is 0.101 e. The van der Waals surface area contributed by atoms with Gasteiger partial charge in [-0.25, -0.2) is 5.41 Å². The summed E-state index contributed by atoms with van der Waals surface area (Å²) in [6.07, 6.45) is 1.89. The van der Waals surface area contributed by atoms with Crippen LogP contribution in [0.3, 0.4) is 0 Å². The lowest BCUT2D eigenvalue weighted by Crippen LogP contribution is -1.58. The van der Waals surface area contributed by atoms with Crippen LogP contribution in [0.2, 0.25) is 0 Å². The lowest BCUT2D eigenvalue weighted by Gasteiger charge is -1.71. The minimum atomic E-state index is 0.852. The molecule has 42 valence electrons. The summed E-state index contributed by atoms with van der Waals surface area (Å²) in [5.74, 6) is 2.74. The molecule has 0 atom stereocenters. The number of nitrogens with one attached hydrogen (secondary N) is 1. The second kappa shape index (κ2) is 5.94. The Morgan fingerprint density at radius 1 is 1.62 bits per heavy atom. The molecule has 0 unspecified atom stereocenters. The summed E-state index contributed by atoms with van der Waals surface area (Å²) in [6.45, 7) is 2.04. The highest BCUT2D eigenvalue weighted by atomic mass is 14.7. The Bertz CT molecular complexity index is 144. The van der Waals surface area contributed by atoms with E-state index in [9.17, 15) is 0 Å². The van der Waals surface area contributed by atoms with Gasteiger partial charge in [0.2, 0.25) is 0 Å². The van der Waals surface area contributed by atoms with Crippen LogP contribution in [0.15, 0.2) is 4.99 Å². The van der Waals surface area contributed by atoms with Crippen molar-refractivity contribution >= 4 is 6.01 Å². The highest BCUT2D eigenvalue weighted by Gasteiger charge is 1.65. The second-order valence-corrected chi connectivity index (χ2v) is 1.26. The molecule has 0 saturated carbocycles. The third-order valence-electron chi connectivity index (χ3n) is 0.566. The molecule has 0 amide bonds. The van der Waals surface area contributed by atoms with Crippen molar-refractivity contribution in [1.82, 2.24) is 0 Å². The van der Waals surface area contributed by atoms with E-state index in [0.29, 0.717) is 0 Å². The lowest BCUT2D eigenvalue weighted by atomic mass is 10.4. The summed E-state index contributed by atoms with van der Waals surface area (Å²) >= 11 is 0. The molecule has 1 N–H and O–H groups in total. The molecule has 0 aliphatic carbocycles. The number of unbranched alkanes of at least 4 members (excludes halogenated alkanes) is 1. The highest BCUT2D eigenvalue weighted by molar-refractivity contribution is 5.38. The third kappa shape index (κ3) is 4.94. The lowest BCUT2D eigenvalue weighted by molar-refractivity contribution is 0.982. The molecule has 0 aliphatic rings. The molecule has 0 radical (unpaired) electrons. The molecule has 0 aromatic rings. The van der Waals surface area contributed by atoms with E-state index in [1.807, 2.05) is 12.9 Å². The SMILES string of the molecule is CCCC#CN=C=N. The molecule has 2 heteroatoms. The molecule has 0 fully saturated rings. The van der Waals surface area contributed by atoms with Crippen molar-refractivity contribution < 1.29 is 0 Å². The Labute approximate surface area is 49.1 Å². The topological polar surface area (TPSA) is 36.2 Å². The second-order valence-electron chi connectivity index (χ2n) is 1.26. The van der Waals surface area contributed by atoms with E-state index in [4.69, 9.17) is 5.41 Å². The van der Waals surface area contributed by atoms with Crippen LogP contribution in [0, 0.1) is 17.4 Å². The molecular weight excluding hydrogens is 100 g/mol. The van der Waals surface area contributed by atoms with Crippen molar-refractivity contribution in [2.45, 2.75) is 19.8 Å². The van der Waals surface area contributed by atoms with Crippen LogP contribution in [-0.2, 0) is 0 Å². The number of hydrogen-bond donors (Lipinski definition) is 1. The summed E-state index contributed by atoms with van der Waals surface area (Å²) in [7, 11) is 0. The molecule has 0 spiro atoms. The summed E-state index contributed by atoms with van der Waals surface area (Å²) in [5.41, 5.74) is 0. The first kappa shape index (κ1) is 6.94. The maximum atomic E-state index is 6.32. The molecule has 0 aliphatic heterocycles. The predicted molar refractivity (Wildman–Crippen MR) is 32.8 cm³/mol. The minimum absolute atomic E-state index is 0.852. The molecule has 0 aromatic heterocycles. The van der Waals surface area contributed by atoms with Crippen molar-refractivity contribution in [1.29, 1.82) is 5.41 Å². The molecule has 8 heavy (non-hydrogen) atoms. The van der Waals surface area contributed by atoms with E-state index in [2.05, 4.69) is 17.0 Å². The summed E-state index contributed by atoms with van der Waals surface area (Å²) < 4.78 is 0.